The van der Waals surface area contributed by atoms with Crippen LogP contribution in [-0.2, 0) is 9.59 Å². The van der Waals surface area contributed by atoms with Crippen LogP contribution in [0.2, 0.25) is 0 Å². The molecule has 2 atom stereocenters. The second-order valence-corrected chi connectivity index (χ2v) is 5.97. The van der Waals surface area contributed by atoms with E-state index in [-0.39, 0.29) is 0 Å². The zero-order valence-electron chi connectivity index (χ0n) is 13.5. The number of hydrogen-bond acceptors (Lipinski definition) is 2. The monoisotopic (exact) mass is 326 g/mol. The van der Waals surface area contributed by atoms with Crippen LogP contribution >= 0.6 is 0 Å². The Bertz CT molecular complexity index is 594. The van der Waals surface area contributed by atoms with Crippen molar-refractivity contribution < 1.29 is 19.8 Å². The smallest absolute Gasteiger partial charge is 0.306 e. The summed E-state index contributed by atoms with van der Waals surface area (Å²) in [5.41, 5.74) is 2.55. The lowest BCUT2D eigenvalue weighted by molar-refractivity contribution is -0.147. The molecule has 0 bridgehead atoms. The summed E-state index contributed by atoms with van der Waals surface area (Å²) in [7, 11) is 0. The van der Waals surface area contributed by atoms with Crippen LogP contribution in [0.4, 0.5) is 0 Å². The van der Waals surface area contributed by atoms with Crippen molar-refractivity contribution in [2.45, 2.75) is 25.7 Å². The molecule has 1 aliphatic rings. The second-order valence-electron chi connectivity index (χ2n) is 5.97. The van der Waals surface area contributed by atoms with Gasteiger partial charge in [0.1, 0.15) is 0 Å². The van der Waals surface area contributed by atoms with Gasteiger partial charge in [0.05, 0.1) is 11.8 Å². The SMILES string of the molecule is O=C(O)C1CCCC(C(=O)O)C1.c1ccc(-c2ccccc2)cc1. The summed E-state index contributed by atoms with van der Waals surface area (Å²) in [5.74, 6) is -2.61. The molecule has 2 N–H and O–H groups in total. The minimum absolute atomic E-state index is 0.296. The first-order valence-corrected chi connectivity index (χ1v) is 8.14. The molecule has 3 rings (SSSR count). The third-order valence-electron chi connectivity index (χ3n) is 4.25. The van der Waals surface area contributed by atoms with Crippen LogP contribution in [0.1, 0.15) is 25.7 Å². The van der Waals surface area contributed by atoms with Gasteiger partial charge in [-0.3, -0.25) is 9.59 Å². The normalized spacial score (nSPS) is 19.7. The van der Waals surface area contributed by atoms with Gasteiger partial charge in [-0.1, -0.05) is 67.1 Å². The van der Waals surface area contributed by atoms with E-state index in [1.807, 2.05) is 12.1 Å². The summed E-state index contributed by atoms with van der Waals surface area (Å²) in [5, 5.41) is 17.3. The number of carboxylic acid groups (broad SMARTS) is 2. The quantitative estimate of drug-likeness (QED) is 0.881. The highest BCUT2D eigenvalue weighted by atomic mass is 16.4. The Morgan fingerprint density at radius 3 is 1.42 bits per heavy atom. The Kier molecular flexibility index (Phi) is 6.55. The van der Waals surface area contributed by atoms with Crippen molar-refractivity contribution in [3.63, 3.8) is 0 Å². The van der Waals surface area contributed by atoms with Gasteiger partial charge in [-0.25, -0.2) is 0 Å². The predicted molar refractivity (Wildman–Crippen MR) is 92.6 cm³/mol. The Morgan fingerprint density at radius 1 is 0.708 bits per heavy atom. The molecular weight excluding hydrogens is 304 g/mol. The van der Waals surface area contributed by atoms with E-state index >= 15 is 0 Å². The third-order valence-corrected chi connectivity index (χ3v) is 4.25. The largest absolute Gasteiger partial charge is 0.481 e. The fourth-order valence-electron chi connectivity index (χ4n) is 2.90. The lowest BCUT2D eigenvalue weighted by atomic mass is 9.81. The maximum Gasteiger partial charge on any atom is 0.306 e. The zero-order valence-corrected chi connectivity index (χ0v) is 13.5. The Balaban J connectivity index is 0.000000174. The van der Waals surface area contributed by atoms with Crippen LogP contribution < -0.4 is 0 Å². The molecule has 0 saturated heterocycles. The van der Waals surface area contributed by atoms with Crippen LogP contribution in [0, 0.1) is 11.8 Å². The minimum Gasteiger partial charge on any atom is -0.481 e. The van der Waals surface area contributed by atoms with E-state index in [0.717, 1.165) is 0 Å². The van der Waals surface area contributed by atoms with Crippen LogP contribution in [0.15, 0.2) is 60.7 Å². The molecule has 1 fully saturated rings. The highest BCUT2D eigenvalue weighted by Crippen LogP contribution is 2.29. The highest BCUT2D eigenvalue weighted by molar-refractivity contribution is 5.74. The Labute approximate surface area is 141 Å². The lowest BCUT2D eigenvalue weighted by Crippen LogP contribution is -2.26. The number of aliphatic carboxylic acids is 2. The average Bonchev–Trinajstić information content (AvgIpc) is 2.64. The van der Waals surface area contributed by atoms with Crippen LogP contribution in [0.5, 0.6) is 0 Å². The van der Waals surface area contributed by atoms with Gasteiger partial charge in [-0.15, -0.1) is 0 Å². The summed E-state index contributed by atoms with van der Waals surface area (Å²) in [6.07, 6.45) is 2.26. The molecule has 0 aromatic heterocycles. The summed E-state index contributed by atoms with van der Waals surface area (Å²) < 4.78 is 0. The van der Waals surface area contributed by atoms with Crippen LogP contribution in [0.25, 0.3) is 11.1 Å². The molecule has 2 aromatic carbocycles. The molecule has 2 unspecified atom stereocenters. The van der Waals surface area contributed by atoms with Crippen molar-refractivity contribution >= 4 is 11.9 Å². The van der Waals surface area contributed by atoms with Crippen molar-refractivity contribution in [3.05, 3.63) is 60.7 Å². The first-order chi connectivity index (χ1) is 11.6. The van der Waals surface area contributed by atoms with Gasteiger partial charge in [0.15, 0.2) is 0 Å². The van der Waals surface area contributed by atoms with Gasteiger partial charge in [-0.2, -0.15) is 0 Å². The van der Waals surface area contributed by atoms with E-state index in [0.29, 0.717) is 25.7 Å². The number of carboxylic acids is 2. The van der Waals surface area contributed by atoms with Gasteiger partial charge < -0.3 is 10.2 Å². The standard InChI is InChI=1S/C12H10.C8H12O4/c1-3-7-11(8-4-1)12-9-5-2-6-10-12;9-7(10)5-2-1-3-6(4-5)8(11)12/h1-10H;5-6H,1-4H2,(H,9,10)(H,11,12). The molecule has 0 heterocycles. The third kappa shape index (κ3) is 5.23. The second kappa shape index (κ2) is 8.87. The predicted octanol–water partition coefficient (Wildman–Crippen LogP) is 4.32. The highest BCUT2D eigenvalue weighted by Gasteiger charge is 2.30. The molecule has 24 heavy (non-hydrogen) atoms. The number of benzene rings is 2. The van der Waals surface area contributed by atoms with Crippen molar-refractivity contribution in [2.24, 2.45) is 11.8 Å². The van der Waals surface area contributed by atoms with Crippen molar-refractivity contribution in [1.82, 2.24) is 0 Å². The fourth-order valence-corrected chi connectivity index (χ4v) is 2.90. The average molecular weight is 326 g/mol. The number of rotatable bonds is 3. The molecule has 0 aliphatic heterocycles. The van der Waals surface area contributed by atoms with Gasteiger partial charge in [0.2, 0.25) is 0 Å². The summed E-state index contributed by atoms with van der Waals surface area (Å²) in [6, 6.07) is 20.8. The molecule has 4 nitrogen and oxygen atoms in total. The van der Waals surface area contributed by atoms with Gasteiger partial charge in [0.25, 0.3) is 0 Å². The Morgan fingerprint density at radius 2 is 1.08 bits per heavy atom. The van der Waals surface area contributed by atoms with E-state index in [2.05, 4.69) is 48.5 Å². The van der Waals surface area contributed by atoms with Crippen LogP contribution in [0.3, 0.4) is 0 Å². The van der Waals surface area contributed by atoms with E-state index < -0.39 is 23.8 Å². The lowest BCUT2D eigenvalue weighted by Gasteiger charge is -2.23. The molecule has 1 saturated carbocycles. The molecule has 2 aromatic rings. The first kappa shape index (κ1) is 17.7. The van der Waals surface area contributed by atoms with Crippen molar-refractivity contribution in [2.75, 3.05) is 0 Å². The molecular formula is C20H22O4. The minimum atomic E-state index is -0.860. The van der Waals surface area contributed by atoms with Gasteiger partial charge >= 0.3 is 11.9 Å². The summed E-state index contributed by atoms with van der Waals surface area (Å²) in [6.45, 7) is 0. The summed E-state index contributed by atoms with van der Waals surface area (Å²) >= 11 is 0. The molecule has 0 spiro atoms. The Hall–Kier alpha value is -2.62. The molecule has 0 radical (unpaired) electrons. The van der Waals surface area contributed by atoms with Crippen LogP contribution in [-0.4, -0.2) is 22.2 Å². The van der Waals surface area contributed by atoms with E-state index in [4.69, 9.17) is 10.2 Å². The first-order valence-electron chi connectivity index (χ1n) is 8.14. The van der Waals surface area contributed by atoms with E-state index in [9.17, 15) is 9.59 Å². The molecule has 126 valence electrons. The van der Waals surface area contributed by atoms with Crippen molar-refractivity contribution in [1.29, 1.82) is 0 Å². The maximum atomic E-state index is 10.5. The topological polar surface area (TPSA) is 74.6 Å². The fraction of sp³-hybridized carbons (Fsp3) is 0.300. The molecule has 1 aliphatic carbocycles. The molecule has 0 amide bonds. The van der Waals surface area contributed by atoms with Gasteiger partial charge in [-0.05, 0) is 30.4 Å². The summed E-state index contributed by atoms with van der Waals surface area (Å²) in [4.78, 5) is 21.1. The number of hydrogen-bond donors (Lipinski definition) is 2. The van der Waals surface area contributed by atoms with Crippen molar-refractivity contribution in [3.8, 4) is 11.1 Å². The molecule has 4 heteroatoms. The maximum absolute atomic E-state index is 10.5. The van der Waals surface area contributed by atoms with E-state index in [1.165, 1.54) is 11.1 Å². The number of carbonyl (C=O) groups is 2. The zero-order chi connectivity index (χ0) is 17.4. The van der Waals surface area contributed by atoms with E-state index in [1.54, 1.807) is 0 Å². The van der Waals surface area contributed by atoms with Gasteiger partial charge in [0, 0.05) is 0 Å².